The van der Waals surface area contributed by atoms with Crippen LogP contribution < -0.4 is 0 Å². The van der Waals surface area contributed by atoms with Crippen LogP contribution in [0.5, 0.6) is 0 Å². The van der Waals surface area contributed by atoms with Crippen molar-refractivity contribution in [1.29, 1.82) is 0 Å². The molecule has 6 heteroatoms. The Morgan fingerprint density at radius 2 is 2.29 bits per heavy atom. The molecule has 2 rings (SSSR count). The van der Waals surface area contributed by atoms with Crippen LogP contribution in [0.1, 0.15) is 12.8 Å². The van der Waals surface area contributed by atoms with Crippen molar-refractivity contribution in [3.8, 4) is 0 Å². The lowest BCUT2D eigenvalue weighted by Gasteiger charge is -2.30. The van der Waals surface area contributed by atoms with Crippen molar-refractivity contribution in [2.45, 2.75) is 17.9 Å². The molecule has 0 amide bonds. The summed E-state index contributed by atoms with van der Waals surface area (Å²) < 4.78 is 25.9. The quantitative estimate of drug-likeness (QED) is 0.853. The molecule has 1 aromatic rings. The average molecular weight is 256 g/mol. The number of nitrogens with zero attached hydrogens (tertiary/aromatic N) is 2. The molecule has 1 atom stereocenters. The zero-order valence-electron chi connectivity index (χ0n) is 9.49. The van der Waals surface area contributed by atoms with Crippen LogP contribution in [0.25, 0.3) is 0 Å². The second kappa shape index (κ2) is 5.12. The molecule has 1 aliphatic heterocycles. The summed E-state index contributed by atoms with van der Waals surface area (Å²) in [5.74, 6) is 0.0437. The van der Waals surface area contributed by atoms with Gasteiger partial charge in [0.1, 0.15) is 0 Å². The van der Waals surface area contributed by atoms with Gasteiger partial charge in [-0.05, 0) is 30.9 Å². The lowest BCUT2D eigenvalue weighted by atomic mass is 10.0. The van der Waals surface area contributed by atoms with E-state index in [9.17, 15) is 8.42 Å². The molecule has 0 bridgehead atoms. The van der Waals surface area contributed by atoms with Crippen LogP contribution in [-0.4, -0.2) is 42.5 Å². The second-order valence-corrected chi connectivity index (χ2v) is 6.11. The highest BCUT2D eigenvalue weighted by Crippen LogP contribution is 2.22. The first kappa shape index (κ1) is 12.5. The summed E-state index contributed by atoms with van der Waals surface area (Å²) in [6, 6.07) is 4.84. The van der Waals surface area contributed by atoms with Crippen LogP contribution in [0.4, 0.5) is 0 Å². The van der Waals surface area contributed by atoms with Gasteiger partial charge in [0.05, 0.1) is 0 Å². The molecule has 5 nitrogen and oxygen atoms in total. The first-order valence-corrected chi connectivity index (χ1v) is 7.10. The van der Waals surface area contributed by atoms with Gasteiger partial charge in [-0.3, -0.25) is 0 Å². The van der Waals surface area contributed by atoms with Gasteiger partial charge >= 0.3 is 0 Å². The number of aliphatic hydroxyl groups excluding tert-OH is 1. The maximum atomic E-state index is 12.2. The highest BCUT2D eigenvalue weighted by molar-refractivity contribution is 7.89. The number of pyridine rings is 1. The van der Waals surface area contributed by atoms with E-state index in [1.807, 2.05) is 0 Å². The minimum atomic E-state index is -3.49. The van der Waals surface area contributed by atoms with Crippen LogP contribution >= 0.6 is 0 Å². The molecule has 1 N–H and O–H groups in total. The Kier molecular flexibility index (Phi) is 3.76. The van der Waals surface area contributed by atoms with Crippen LogP contribution in [0, 0.1) is 5.92 Å². The summed E-state index contributed by atoms with van der Waals surface area (Å²) in [5.41, 5.74) is 0. The van der Waals surface area contributed by atoms with E-state index >= 15 is 0 Å². The average Bonchev–Trinajstić information content (AvgIpc) is 2.40. The number of hydrogen-bond donors (Lipinski definition) is 1. The van der Waals surface area contributed by atoms with Crippen molar-refractivity contribution in [2.24, 2.45) is 5.92 Å². The van der Waals surface area contributed by atoms with Crippen molar-refractivity contribution in [3.63, 3.8) is 0 Å². The van der Waals surface area contributed by atoms with Crippen molar-refractivity contribution in [1.82, 2.24) is 9.29 Å². The normalized spacial score (nSPS) is 22.5. The third-order valence-corrected chi connectivity index (χ3v) is 4.76. The number of hydrogen-bond acceptors (Lipinski definition) is 4. The molecule has 0 radical (unpaired) electrons. The lowest BCUT2D eigenvalue weighted by molar-refractivity contribution is 0.165. The van der Waals surface area contributed by atoms with Gasteiger partial charge in [0, 0.05) is 25.9 Å². The highest BCUT2D eigenvalue weighted by Gasteiger charge is 2.30. The van der Waals surface area contributed by atoms with Gasteiger partial charge in [0.15, 0.2) is 5.03 Å². The fourth-order valence-corrected chi connectivity index (χ4v) is 3.51. The molecule has 1 unspecified atom stereocenters. The molecule has 17 heavy (non-hydrogen) atoms. The van der Waals surface area contributed by atoms with Gasteiger partial charge < -0.3 is 5.11 Å². The first-order chi connectivity index (χ1) is 8.14. The molecule has 2 heterocycles. The second-order valence-electron chi connectivity index (χ2n) is 4.22. The van der Waals surface area contributed by atoms with E-state index in [2.05, 4.69) is 4.98 Å². The van der Waals surface area contributed by atoms with Crippen molar-refractivity contribution in [3.05, 3.63) is 24.4 Å². The first-order valence-electron chi connectivity index (χ1n) is 5.66. The summed E-state index contributed by atoms with van der Waals surface area (Å²) in [6.45, 7) is 0.930. The van der Waals surface area contributed by atoms with Gasteiger partial charge in [-0.1, -0.05) is 6.07 Å². The van der Waals surface area contributed by atoms with E-state index in [-0.39, 0.29) is 17.6 Å². The zero-order chi connectivity index (χ0) is 12.3. The Balaban J connectivity index is 2.21. The Hall–Kier alpha value is -0.980. The zero-order valence-corrected chi connectivity index (χ0v) is 10.3. The lowest BCUT2D eigenvalue weighted by Crippen LogP contribution is -2.41. The molecule has 1 aliphatic rings. The number of aliphatic hydroxyl groups is 1. The number of sulfonamides is 1. The van der Waals surface area contributed by atoms with E-state index in [0.29, 0.717) is 13.1 Å². The van der Waals surface area contributed by atoms with Crippen molar-refractivity contribution in [2.75, 3.05) is 19.7 Å². The summed E-state index contributed by atoms with van der Waals surface area (Å²) in [4.78, 5) is 3.88. The Morgan fingerprint density at radius 3 is 2.94 bits per heavy atom. The topological polar surface area (TPSA) is 70.5 Å². The minimum Gasteiger partial charge on any atom is -0.396 e. The molecule has 0 aromatic carbocycles. The molecule has 94 valence electrons. The number of rotatable bonds is 3. The minimum absolute atomic E-state index is 0.0360. The predicted octanol–water partition coefficient (Wildman–Crippen LogP) is 0.475. The van der Waals surface area contributed by atoms with E-state index < -0.39 is 10.0 Å². The van der Waals surface area contributed by atoms with Crippen molar-refractivity contribution >= 4 is 10.0 Å². The largest absolute Gasteiger partial charge is 0.396 e. The fraction of sp³-hybridized carbons (Fsp3) is 0.545. The van der Waals surface area contributed by atoms with Crippen LogP contribution in [-0.2, 0) is 10.0 Å². The van der Waals surface area contributed by atoms with Crippen LogP contribution in [0.3, 0.4) is 0 Å². The molecular weight excluding hydrogens is 240 g/mol. The number of piperidine rings is 1. The predicted molar refractivity (Wildman–Crippen MR) is 62.8 cm³/mol. The monoisotopic (exact) mass is 256 g/mol. The molecular formula is C11H16N2O3S. The Morgan fingerprint density at radius 1 is 1.47 bits per heavy atom. The third kappa shape index (κ3) is 2.65. The summed E-state index contributed by atoms with van der Waals surface area (Å²) in [6.07, 6.45) is 3.14. The van der Waals surface area contributed by atoms with E-state index in [0.717, 1.165) is 12.8 Å². The maximum Gasteiger partial charge on any atom is 0.260 e. The van der Waals surface area contributed by atoms with Gasteiger partial charge in [-0.2, -0.15) is 4.31 Å². The molecule has 0 aliphatic carbocycles. The third-order valence-electron chi connectivity index (χ3n) is 2.98. The fourth-order valence-electron chi connectivity index (χ4n) is 2.03. The highest BCUT2D eigenvalue weighted by atomic mass is 32.2. The van der Waals surface area contributed by atoms with Gasteiger partial charge in [0.2, 0.25) is 0 Å². The number of aromatic nitrogens is 1. The molecule has 0 saturated carbocycles. The molecule has 1 aromatic heterocycles. The van der Waals surface area contributed by atoms with Crippen LogP contribution in [0.2, 0.25) is 0 Å². The SMILES string of the molecule is O=S(=O)(c1ccccn1)N1CCCC(CO)C1. The van der Waals surface area contributed by atoms with Gasteiger partial charge in [-0.25, -0.2) is 13.4 Å². The van der Waals surface area contributed by atoms with Crippen LogP contribution in [0.15, 0.2) is 29.4 Å². The van der Waals surface area contributed by atoms with Gasteiger partial charge in [-0.15, -0.1) is 0 Å². The van der Waals surface area contributed by atoms with E-state index in [1.165, 1.54) is 16.6 Å². The van der Waals surface area contributed by atoms with E-state index in [1.54, 1.807) is 12.1 Å². The molecule has 1 saturated heterocycles. The molecule has 0 spiro atoms. The maximum absolute atomic E-state index is 12.2. The summed E-state index contributed by atoms with van der Waals surface area (Å²) in [7, 11) is -3.49. The van der Waals surface area contributed by atoms with Crippen molar-refractivity contribution < 1.29 is 13.5 Å². The summed E-state index contributed by atoms with van der Waals surface area (Å²) >= 11 is 0. The smallest absolute Gasteiger partial charge is 0.260 e. The summed E-state index contributed by atoms with van der Waals surface area (Å²) in [5, 5.41) is 9.19. The van der Waals surface area contributed by atoms with E-state index in [4.69, 9.17) is 5.11 Å². The Bertz CT molecular complexity index is 461. The Labute approximate surface area is 101 Å². The van der Waals surface area contributed by atoms with Gasteiger partial charge in [0.25, 0.3) is 10.0 Å². The molecule has 1 fully saturated rings. The standard InChI is InChI=1S/C11H16N2O3S/c14-9-10-4-3-7-13(8-10)17(15,16)11-5-1-2-6-12-11/h1-2,5-6,10,14H,3-4,7-9H2.